The van der Waals surface area contributed by atoms with Crippen LogP contribution in [0.25, 0.3) is 0 Å². The third-order valence-corrected chi connectivity index (χ3v) is 2.97. The van der Waals surface area contributed by atoms with Gasteiger partial charge in [-0.3, -0.25) is 0 Å². The molecule has 1 aliphatic rings. The second-order valence-corrected chi connectivity index (χ2v) is 4.29. The summed E-state index contributed by atoms with van der Waals surface area (Å²) < 4.78 is 1.67. The number of tetrazole rings is 1. The molecule has 1 aromatic rings. The van der Waals surface area contributed by atoms with Gasteiger partial charge in [0.25, 0.3) is 0 Å². The van der Waals surface area contributed by atoms with E-state index in [-0.39, 0.29) is 0 Å². The minimum atomic E-state index is 0.768. The van der Waals surface area contributed by atoms with Crippen molar-refractivity contribution < 1.29 is 0 Å². The summed E-state index contributed by atoms with van der Waals surface area (Å²) in [4.78, 5) is 0. The third kappa shape index (κ3) is 2.02. The number of aryl methyl sites for hydroxylation is 1. The van der Waals surface area contributed by atoms with Crippen molar-refractivity contribution >= 4 is 5.95 Å². The van der Waals surface area contributed by atoms with Crippen LogP contribution in [0.15, 0.2) is 0 Å². The number of rotatable bonds is 3. The maximum atomic E-state index is 3.89. The van der Waals surface area contributed by atoms with Gasteiger partial charge in [0.05, 0.1) is 0 Å². The van der Waals surface area contributed by atoms with Gasteiger partial charge in [-0.2, -0.15) is 0 Å². The van der Waals surface area contributed by atoms with Crippen molar-refractivity contribution in [3.8, 4) is 0 Å². The van der Waals surface area contributed by atoms with Gasteiger partial charge in [-0.05, 0) is 35.1 Å². The van der Waals surface area contributed by atoms with E-state index in [0.29, 0.717) is 0 Å². The fourth-order valence-electron chi connectivity index (χ4n) is 2.13. The van der Waals surface area contributed by atoms with E-state index in [1.807, 2.05) is 7.05 Å². The van der Waals surface area contributed by atoms with Crippen molar-refractivity contribution in [2.24, 2.45) is 18.9 Å². The fraction of sp³-hybridized carbons (Fsp3) is 0.889. The average molecular weight is 195 g/mol. The largest absolute Gasteiger partial charge is 0.353 e. The molecule has 1 aliphatic carbocycles. The van der Waals surface area contributed by atoms with Crippen molar-refractivity contribution in [2.75, 3.05) is 11.9 Å². The average Bonchev–Trinajstić information content (AvgIpc) is 2.72. The third-order valence-electron chi connectivity index (χ3n) is 2.97. The molecule has 0 amide bonds. The van der Waals surface area contributed by atoms with E-state index in [0.717, 1.165) is 24.3 Å². The highest BCUT2D eigenvalue weighted by atomic mass is 15.6. The molecule has 1 aromatic heterocycles. The van der Waals surface area contributed by atoms with Gasteiger partial charge in [0.2, 0.25) is 5.95 Å². The summed E-state index contributed by atoms with van der Waals surface area (Å²) in [6.45, 7) is 3.32. The Hall–Kier alpha value is -1.13. The quantitative estimate of drug-likeness (QED) is 0.783. The number of nitrogens with one attached hydrogen (secondary N) is 1. The molecule has 0 radical (unpaired) electrons. The van der Waals surface area contributed by atoms with Gasteiger partial charge >= 0.3 is 0 Å². The van der Waals surface area contributed by atoms with Crippen LogP contribution in [0.5, 0.6) is 0 Å². The lowest BCUT2D eigenvalue weighted by Crippen LogP contribution is -2.14. The number of anilines is 1. The van der Waals surface area contributed by atoms with Crippen molar-refractivity contribution in [1.29, 1.82) is 0 Å². The van der Waals surface area contributed by atoms with Gasteiger partial charge < -0.3 is 5.32 Å². The monoisotopic (exact) mass is 195 g/mol. The molecule has 1 N–H and O–H groups in total. The molecule has 1 heterocycles. The van der Waals surface area contributed by atoms with Crippen LogP contribution in [0.2, 0.25) is 0 Å². The van der Waals surface area contributed by atoms with E-state index >= 15 is 0 Å². The van der Waals surface area contributed by atoms with Gasteiger partial charge in [-0.25, -0.2) is 4.68 Å². The van der Waals surface area contributed by atoms with Crippen molar-refractivity contribution in [2.45, 2.75) is 26.2 Å². The minimum absolute atomic E-state index is 0.768. The van der Waals surface area contributed by atoms with Crippen LogP contribution < -0.4 is 5.32 Å². The van der Waals surface area contributed by atoms with Crippen LogP contribution in [0.4, 0.5) is 5.95 Å². The first-order valence-electron chi connectivity index (χ1n) is 5.22. The summed E-state index contributed by atoms with van der Waals surface area (Å²) in [6.07, 6.45) is 4.03. The maximum Gasteiger partial charge on any atom is 0.242 e. The van der Waals surface area contributed by atoms with Crippen LogP contribution in [0.1, 0.15) is 26.2 Å². The predicted octanol–water partition coefficient (Wildman–Crippen LogP) is 1.06. The smallest absolute Gasteiger partial charge is 0.242 e. The number of aromatic nitrogens is 4. The zero-order chi connectivity index (χ0) is 9.97. The highest BCUT2D eigenvalue weighted by Crippen LogP contribution is 2.30. The number of hydrogen-bond acceptors (Lipinski definition) is 4. The first-order chi connectivity index (χ1) is 6.75. The van der Waals surface area contributed by atoms with Gasteiger partial charge in [-0.1, -0.05) is 18.4 Å². The van der Waals surface area contributed by atoms with Gasteiger partial charge in [0, 0.05) is 13.6 Å². The Morgan fingerprint density at radius 1 is 1.50 bits per heavy atom. The molecule has 2 unspecified atom stereocenters. The second-order valence-electron chi connectivity index (χ2n) is 4.29. The fourth-order valence-corrected chi connectivity index (χ4v) is 2.13. The van der Waals surface area contributed by atoms with Crippen LogP contribution >= 0.6 is 0 Å². The van der Waals surface area contributed by atoms with E-state index in [1.165, 1.54) is 19.3 Å². The molecule has 1 fully saturated rings. The number of nitrogens with zero attached hydrogens (tertiary/aromatic N) is 4. The maximum absolute atomic E-state index is 3.89. The molecule has 5 heteroatoms. The molecule has 14 heavy (non-hydrogen) atoms. The molecule has 0 saturated heterocycles. The molecular weight excluding hydrogens is 178 g/mol. The normalized spacial score (nSPS) is 26.7. The molecular formula is C9H17N5. The Kier molecular flexibility index (Phi) is 2.65. The van der Waals surface area contributed by atoms with E-state index < -0.39 is 0 Å². The summed E-state index contributed by atoms with van der Waals surface area (Å²) in [5.41, 5.74) is 0. The van der Waals surface area contributed by atoms with Gasteiger partial charge in [0.1, 0.15) is 0 Å². The first-order valence-corrected chi connectivity index (χ1v) is 5.22. The highest BCUT2D eigenvalue weighted by molar-refractivity contribution is 5.20. The lowest BCUT2D eigenvalue weighted by Gasteiger charge is -2.10. The Morgan fingerprint density at radius 2 is 2.36 bits per heavy atom. The van der Waals surface area contributed by atoms with E-state index in [9.17, 15) is 0 Å². The van der Waals surface area contributed by atoms with E-state index in [2.05, 4.69) is 27.8 Å². The van der Waals surface area contributed by atoms with Crippen LogP contribution in [-0.4, -0.2) is 26.8 Å². The molecule has 0 aromatic carbocycles. The van der Waals surface area contributed by atoms with Crippen LogP contribution in [0.3, 0.4) is 0 Å². The Balaban J connectivity index is 1.80. The second kappa shape index (κ2) is 3.94. The zero-order valence-electron chi connectivity index (χ0n) is 8.77. The van der Waals surface area contributed by atoms with Gasteiger partial charge in [0.15, 0.2) is 0 Å². The van der Waals surface area contributed by atoms with Crippen molar-refractivity contribution in [3.63, 3.8) is 0 Å². The SMILES string of the molecule is CC1CCC(CNc2nnnn2C)C1. The molecule has 5 nitrogen and oxygen atoms in total. The Labute approximate surface area is 83.9 Å². The van der Waals surface area contributed by atoms with Crippen molar-refractivity contribution in [1.82, 2.24) is 20.2 Å². The lowest BCUT2D eigenvalue weighted by molar-refractivity contribution is 0.534. The van der Waals surface area contributed by atoms with Crippen LogP contribution in [-0.2, 0) is 7.05 Å². The summed E-state index contributed by atoms with van der Waals surface area (Å²) >= 11 is 0. The summed E-state index contributed by atoms with van der Waals surface area (Å²) in [6, 6.07) is 0. The molecule has 2 rings (SSSR count). The summed E-state index contributed by atoms with van der Waals surface area (Å²) in [5.74, 6) is 2.45. The summed E-state index contributed by atoms with van der Waals surface area (Å²) in [7, 11) is 1.85. The van der Waals surface area contributed by atoms with E-state index in [4.69, 9.17) is 0 Å². The topological polar surface area (TPSA) is 55.6 Å². The molecule has 1 saturated carbocycles. The number of hydrogen-bond donors (Lipinski definition) is 1. The molecule has 0 bridgehead atoms. The van der Waals surface area contributed by atoms with Crippen LogP contribution in [0, 0.1) is 11.8 Å². The lowest BCUT2D eigenvalue weighted by atomic mass is 10.1. The molecule has 78 valence electrons. The minimum Gasteiger partial charge on any atom is -0.353 e. The molecule has 0 aliphatic heterocycles. The first kappa shape index (κ1) is 9.43. The summed E-state index contributed by atoms with van der Waals surface area (Å²) in [5, 5.41) is 14.5. The van der Waals surface area contributed by atoms with Gasteiger partial charge in [-0.15, -0.1) is 0 Å². The zero-order valence-corrected chi connectivity index (χ0v) is 8.77. The van der Waals surface area contributed by atoms with Crippen molar-refractivity contribution in [3.05, 3.63) is 0 Å². The van der Waals surface area contributed by atoms with E-state index in [1.54, 1.807) is 4.68 Å². The molecule has 2 atom stereocenters. The Morgan fingerprint density at radius 3 is 2.93 bits per heavy atom. The standard InChI is InChI=1S/C9H17N5/c1-7-3-4-8(5-7)6-10-9-11-12-13-14(9)2/h7-8H,3-6H2,1-2H3,(H,10,11,13). The Bertz CT molecular complexity index is 295. The predicted molar refractivity (Wildman–Crippen MR) is 53.8 cm³/mol. The molecule has 0 spiro atoms. The highest BCUT2D eigenvalue weighted by Gasteiger charge is 2.21.